The molecular weight excluding hydrogens is 471 g/mol. The minimum Gasteiger partial charge on any atom is -0.467 e. The smallest absolute Gasteiger partial charge is 0.328 e. The summed E-state index contributed by atoms with van der Waals surface area (Å²) in [6, 6.07) is 3.78. The number of carbonyl (C=O) groups is 2. The van der Waals surface area contributed by atoms with Crippen LogP contribution in [0.25, 0.3) is 0 Å². The van der Waals surface area contributed by atoms with Crippen LogP contribution in [0.15, 0.2) is 12.1 Å². The first kappa shape index (κ1) is 29.3. The van der Waals surface area contributed by atoms with Crippen molar-refractivity contribution in [3.63, 3.8) is 0 Å². The van der Waals surface area contributed by atoms with Crippen molar-refractivity contribution in [3.8, 4) is 0 Å². The van der Waals surface area contributed by atoms with Crippen molar-refractivity contribution in [3.05, 3.63) is 23.4 Å². The third-order valence-electron chi connectivity index (χ3n) is 8.11. The molecule has 2 aliphatic heterocycles. The predicted octanol–water partition coefficient (Wildman–Crippen LogP) is 4.69. The summed E-state index contributed by atoms with van der Waals surface area (Å²) in [7, 11) is 1.37. The van der Waals surface area contributed by atoms with E-state index in [2.05, 4.69) is 34.6 Å². The van der Waals surface area contributed by atoms with Gasteiger partial charge in [-0.15, -0.1) is 0 Å². The fraction of sp³-hybridized carbons (Fsp3) is 0.759. The molecule has 2 atom stereocenters. The van der Waals surface area contributed by atoms with Crippen molar-refractivity contribution >= 4 is 17.7 Å². The molecule has 0 spiro atoms. The number of nitrogens with zero attached hydrogens (tertiary/aromatic N) is 2. The average molecular weight is 519 g/mol. The summed E-state index contributed by atoms with van der Waals surface area (Å²) in [5.41, 5.74) is 1.97. The normalized spacial score (nSPS) is 18.8. The molecule has 7 nitrogen and oxygen atoms in total. The van der Waals surface area contributed by atoms with Crippen LogP contribution in [-0.2, 0) is 27.2 Å². The zero-order chi connectivity index (χ0) is 26.7. The SMILES string of the molecule is COC(=O)[C@H](CCCCCC(C)Cc1ccc2c(n1)NCCC2)NC(=O)C1(C)CCN(CCCF)CC1. The molecule has 1 saturated heterocycles. The summed E-state index contributed by atoms with van der Waals surface area (Å²) in [5, 5.41) is 6.40. The summed E-state index contributed by atoms with van der Waals surface area (Å²) in [5.74, 6) is 1.15. The highest BCUT2D eigenvalue weighted by atomic mass is 19.1. The first-order chi connectivity index (χ1) is 17.8. The molecule has 1 fully saturated rings. The van der Waals surface area contributed by atoms with Gasteiger partial charge < -0.3 is 20.3 Å². The summed E-state index contributed by atoms with van der Waals surface area (Å²) in [4.78, 5) is 32.5. The Hall–Kier alpha value is -2.22. The summed E-state index contributed by atoms with van der Waals surface area (Å²) < 4.78 is 17.5. The minimum atomic E-state index is -0.608. The van der Waals surface area contributed by atoms with Gasteiger partial charge in [-0.05, 0) is 75.6 Å². The fourth-order valence-corrected chi connectivity index (χ4v) is 5.46. The Morgan fingerprint density at radius 2 is 1.95 bits per heavy atom. The number of pyridine rings is 1. The van der Waals surface area contributed by atoms with Crippen LogP contribution in [0.1, 0.15) is 82.9 Å². The van der Waals surface area contributed by atoms with Crippen molar-refractivity contribution in [2.24, 2.45) is 11.3 Å². The number of carbonyl (C=O) groups excluding carboxylic acids is 2. The maximum Gasteiger partial charge on any atom is 0.328 e. The van der Waals surface area contributed by atoms with E-state index in [1.165, 1.54) is 19.1 Å². The molecule has 0 aromatic carbocycles. The quantitative estimate of drug-likeness (QED) is 0.275. The maximum absolute atomic E-state index is 13.1. The summed E-state index contributed by atoms with van der Waals surface area (Å²) in [6.07, 6.45) is 9.87. The van der Waals surface area contributed by atoms with Gasteiger partial charge in [0.2, 0.25) is 5.91 Å². The molecule has 1 aromatic heterocycles. The number of rotatable bonds is 14. The highest BCUT2D eigenvalue weighted by Gasteiger charge is 2.38. The van der Waals surface area contributed by atoms with E-state index in [-0.39, 0.29) is 18.6 Å². The second-order valence-corrected chi connectivity index (χ2v) is 11.3. The molecule has 1 unspecified atom stereocenters. The molecule has 3 heterocycles. The Balaban J connectivity index is 1.38. The van der Waals surface area contributed by atoms with Crippen molar-refractivity contribution in [1.82, 2.24) is 15.2 Å². The van der Waals surface area contributed by atoms with Crippen molar-refractivity contribution in [1.29, 1.82) is 0 Å². The van der Waals surface area contributed by atoms with Gasteiger partial charge in [-0.3, -0.25) is 9.18 Å². The molecule has 0 aliphatic carbocycles. The number of halogens is 1. The number of unbranched alkanes of at least 4 members (excludes halogenated alkanes) is 2. The molecule has 8 heteroatoms. The van der Waals surface area contributed by atoms with Crippen LogP contribution < -0.4 is 10.6 Å². The van der Waals surface area contributed by atoms with E-state index >= 15 is 0 Å². The van der Waals surface area contributed by atoms with Crippen LogP contribution in [0.4, 0.5) is 10.2 Å². The topological polar surface area (TPSA) is 83.6 Å². The van der Waals surface area contributed by atoms with E-state index in [0.29, 0.717) is 31.6 Å². The number of methoxy groups -OCH3 is 1. The van der Waals surface area contributed by atoms with E-state index < -0.39 is 11.5 Å². The molecule has 1 amide bonds. The number of hydrogen-bond donors (Lipinski definition) is 2. The van der Waals surface area contributed by atoms with E-state index in [1.54, 1.807) is 0 Å². The molecule has 208 valence electrons. The number of esters is 1. The first-order valence-corrected chi connectivity index (χ1v) is 14.2. The second kappa shape index (κ2) is 14.6. The summed E-state index contributed by atoms with van der Waals surface area (Å²) >= 11 is 0. The number of piperidine rings is 1. The van der Waals surface area contributed by atoms with Gasteiger partial charge in [-0.1, -0.05) is 45.6 Å². The zero-order valence-corrected chi connectivity index (χ0v) is 23.1. The number of hydrogen-bond acceptors (Lipinski definition) is 6. The number of likely N-dealkylation sites (tertiary alicyclic amines) is 1. The van der Waals surface area contributed by atoms with Crippen LogP contribution in [0.2, 0.25) is 0 Å². The number of alkyl halides is 1. The van der Waals surface area contributed by atoms with Crippen molar-refractivity contribution < 1.29 is 18.7 Å². The van der Waals surface area contributed by atoms with Gasteiger partial charge in [-0.2, -0.15) is 0 Å². The molecule has 2 aliphatic rings. The van der Waals surface area contributed by atoms with Gasteiger partial charge in [0.15, 0.2) is 0 Å². The fourth-order valence-electron chi connectivity index (χ4n) is 5.46. The zero-order valence-electron chi connectivity index (χ0n) is 23.1. The monoisotopic (exact) mass is 518 g/mol. The Labute approximate surface area is 222 Å². The molecule has 3 rings (SSSR count). The van der Waals surface area contributed by atoms with Crippen LogP contribution in [0, 0.1) is 11.3 Å². The maximum atomic E-state index is 13.1. The third-order valence-corrected chi connectivity index (χ3v) is 8.11. The highest BCUT2D eigenvalue weighted by molar-refractivity contribution is 5.87. The van der Waals surface area contributed by atoms with Gasteiger partial charge in [0.25, 0.3) is 0 Å². The number of fused-ring (bicyclic) bond motifs is 1. The van der Waals surface area contributed by atoms with Crippen molar-refractivity contribution in [2.45, 2.75) is 90.5 Å². The second-order valence-electron chi connectivity index (χ2n) is 11.3. The van der Waals surface area contributed by atoms with Crippen LogP contribution in [-0.4, -0.2) is 67.8 Å². The molecule has 2 N–H and O–H groups in total. The third kappa shape index (κ3) is 8.94. The molecular formula is C29H47FN4O3. The predicted molar refractivity (Wildman–Crippen MR) is 145 cm³/mol. The number of nitrogens with one attached hydrogen (secondary N) is 2. The number of aryl methyl sites for hydroxylation is 1. The average Bonchev–Trinajstić information content (AvgIpc) is 2.91. The minimum absolute atomic E-state index is 0.0753. The number of ether oxygens (including phenoxy) is 1. The van der Waals surface area contributed by atoms with Crippen LogP contribution in [0.3, 0.4) is 0 Å². The lowest BCUT2D eigenvalue weighted by molar-refractivity contribution is -0.147. The molecule has 1 aromatic rings. The van der Waals surface area contributed by atoms with Gasteiger partial charge in [0.05, 0.1) is 13.8 Å². The standard InChI is InChI=1S/C29H47FN4O3/c1-22(21-24-13-12-23-10-7-17-31-26(23)32-24)9-5-4-6-11-25(27(35)37-3)33-28(36)29(2)14-19-34(20-15-29)18-8-16-30/h12-13,22,25H,4-11,14-21H2,1-3H3,(H,31,32)(H,33,36)/t22?,25-/m0/s1. The van der Waals surface area contributed by atoms with Crippen LogP contribution in [0.5, 0.6) is 0 Å². The highest BCUT2D eigenvalue weighted by Crippen LogP contribution is 2.31. The Kier molecular flexibility index (Phi) is 11.6. The molecule has 0 radical (unpaired) electrons. The Morgan fingerprint density at radius 1 is 1.19 bits per heavy atom. The lowest BCUT2D eigenvalue weighted by Crippen LogP contribution is -2.51. The van der Waals surface area contributed by atoms with E-state index in [0.717, 1.165) is 76.2 Å². The Bertz CT molecular complexity index is 873. The van der Waals surface area contributed by atoms with Gasteiger partial charge >= 0.3 is 5.97 Å². The lowest BCUT2D eigenvalue weighted by Gasteiger charge is -2.38. The molecule has 0 bridgehead atoms. The van der Waals surface area contributed by atoms with Crippen molar-refractivity contribution in [2.75, 3.05) is 45.3 Å². The number of aromatic nitrogens is 1. The molecule has 0 saturated carbocycles. The van der Waals surface area contributed by atoms with Gasteiger partial charge in [0, 0.05) is 24.2 Å². The Morgan fingerprint density at radius 3 is 2.68 bits per heavy atom. The number of amides is 1. The first-order valence-electron chi connectivity index (χ1n) is 14.2. The summed E-state index contributed by atoms with van der Waals surface area (Å²) in [6.45, 7) is 7.24. The van der Waals surface area contributed by atoms with Gasteiger partial charge in [-0.25, -0.2) is 9.78 Å². The number of anilines is 1. The van der Waals surface area contributed by atoms with E-state index in [4.69, 9.17) is 9.72 Å². The van der Waals surface area contributed by atoms with Crippen LogP contribution >= 0.6 is 0 Å². The lowest BCUT2D eigenvalue weighted by atomic mass is 9.79. The van der Waals surface area contributed by atoms with E-state index in [9.17, 15) is 14.0 Å². The van der Waals surface area contributed by atoms with E-state index in [1.807, 2.05) is 6.92 Å². The van der Waals surface area contributed by atoms with Gasteiger partial charge in [0.1, 0.15) is 11.9 Å². The largest absolute Gasteiger partial charge is 0.467 e. The molecule has 37 heavy (non-hydrogen) atoms.